The van der Waals surface area contributed by atoms with Crippen molar-refractivity contribution < 1.29 is 4.79 Å². The van der Waals surface area contributed by atoms with Crippen LogP contribution in [-0.2, 0) is 11.8 Å². The highest BCUT2D eigenvalue weighted by atomic mass is 32.2. The van der Waals surface area contributed by atoms with Crippen LogP contribution in [0.2, 0.25) is 0 Å². The maximum Gasteiger partial charge on any atom is 0.167 e. The highest BCUT2D eigenvalue weighted by Crippen LogP contribution is 2.14. The third kappa shape index (κ3) is 2.70. The summed E-state index contributed by atoms with van der Waals surface area (Å²) in [6.45, 7) is 1.61. The van der Waals surface area contributed by atoms with Gasteiger partial charge < -0.3 is 4.57 Å². The topological polar surface area (TPSA) is 34.9 Å². The van der Waals surface area contributed by atoms with E-state index in [9.17, 15) is 4.79 Å². The molecule has 0 spiro atoms. The van der Waals surface area contributed by atoms with Crippen molar-refractivity contribution in [3.05, 3.63) is 12.4 Å². The maximum atomic E-state index is 10.6. The van der Waals surface area contributed by atoms with E-state index < -0.39 is 0 Å². The smallest absolute Gasteiger partial charge is 0.167 e. The summed E-state index contributed by atoms with van der Waals surface area (Å²) in [6.07, 6.45) is 4.28. The summed E-state index contributed by atoms with van der Waals surface area (Å²) in [4.78, 5) is 14.7. The van der Waals surface area contributed by atoms with Crippen molar-refractivity contribution in [1.82, 2.24) is 9.55 Å². The van der Waals surface area contributed by atoms with Crippen LogP contribution in [0.1, 0.15) is 13.3 Å². The molecule has 0 aliphatic rings. The molecule has 0 unspecified atom stereocenters. The standard InChI is InChI=1S/C8H12N2OS/c1-7(11)3-6-12-8-9-4-5-10(8)2/h4-5H,3,6H2,1-2H3. The zero-order chi connectivity index (χ0) is 8.97. The number of nitrogens with zero attached hydrogens (tertiary/aromatic N) is 2. The molecule has 0 bridgehead atoms. The third-order valence-corrected chi connectivity index (χ3v) is 2.52. The lowest BCUT2D eigenvalue weighted by Crippen LogP contribution is -1.94. The van der Waals surface area contributed by atoms with Crippen molar-refractivity contribution in [3.63, 3.8) is 0 Å². The number of hydrogen-bond acceptors (Lipinski definition) is 3. The van der Waals surface area contributed by atoms with Crippen LogP contribution in [0.4, 0.5) is 0 Å². The second-order valence-electron chi connectivity index (χ2n) is 2.62. The summed E-state index contributed by atoms with van der Waals surface area (Å²) >= 11 is 1.61. The first-order valence-electron chi connectivity index (χ1n) is 3.79. The number of aromatic nitrogens is 2. The van der Waals surface area contributed by atoms with Gasteiger partial charge in [-0.2, -0.15) is 0 Å². The molecule has 0 aliphatic carbocycles. The number of Topliss-reactive ketones (excluding diaryl/α,β-unsaturated/α-hetero) is 1. The Morgan fingerprint density at radius 2 is 2.50 bits per heavy atom. The van der Waals surface area contributed by atoms with E-state index in [0.717, 1.165) is 10.9 Å². The second-order valence-corrected chi connectivity index (χ2v) is 3.68. The lowest BCUT2D eigenvalue weighted by atomic mass is 10.4. The van der Waals surface area contributed by atoms with Gasteiger partial charge in [0.25, 0.3) is 0 Å². The molecule has 0 radical (unpaired) electrons. The number of carbonyl (C=O) groups excluding carboxylic acids is 1. The minimum absolute atomic E-state index is 0.233. The van der Waals surface area contributed by atoms with Crippen LogP contribution in [0, 0.1) is 0 Å². The van der Waals surface area contributed by atoms with Crippen LogP contribution in [0.25, 0.3) is 0 Å². The Bertz CT molecular complexity index is 270. The van der Waals surface area contributed by atoms with Gasteiger partial charge in [-0.15, -0.1) is 0 Å². The Labute approximate surface area is 76.2 Å². The molecule has 4 heteroatoms. The first kappa shape index (κ1) is 9.32. The highest BCUT2D eigenvalue weighted by Gasteiger charge is 2.00. The predicted octanol–water partition coefficient (Wildman–Crippen LogP) is 1.49. The van der Waals surface area contributed by atoms with Gasteiger partial charge in [0.2, 0.25) is 0 Å². The summed E-state index contributed by atoms with van der Waals surface area (Å²) in [5.74, 6) is 1.05. The van der Waals surface area contributed by atoms with E-state index in [1.807, 2.05) is 17.8 Å². The molecule has 1 aromatic heterocycles. The SMILES string of the molecule is CC(=O)CCSc1nccn1C. The molecule has 0 saturated carbocycles. The number of imidazole rings is 1. The van der Waals surface area contributed by atoms with Crippen LogP contribution >= 0.6 is 11.8 Å². The Hall–Kier alpha value is -0.770. The Morgan fingerprint density at radius 1 is 1.75 bits per heavy atom. The number of carbonyl (C=O) groups is 1. The first-order chi connectivity index (χ1) is 5.70. The Kier molecular flexibility index (Phi) is 3.34. The Morgan fingerprint density at radius 3 is 3.00 bits per heavy atom. The molecule has 12 heavy (non-hydrogen) atoms. The summed E-state index contributed by atoms with van der Waals surface area (Å²) in [5.41, 5.74) is 0. The molecule has 1 aromatic rings. The van der Waals surface area contributed by atoms with Crippen molar-refractivity contribution in [2.24, 2.45) is 7.05 Å². The predicted molar refractivity (Wildman–Crippen MR) is 49.2 cm³/mol. The quantitative estimate of drug-likeness (QED) is 0.665. The molecule has 0 atom stereocenters. The van der Waals surface area contributed by atoms with E-state index in [1.165, 1.54) is 0 Å². The van der Waals surface area contributed by atoms with Crippen molar-refractivity contribution in [3.8, 4) is 0 Å². The first-order valence-corrected chi connectivity index (χ1v) is 4.78. The average molecular weight is 184 g/mol. The second kappa shape index (κ2) is 4.30. The van der Waals surface area contributed by atoms with Gasteiger partial charge in [-0.25, -0.2) is 4.98 Å². The molecule has 0 fully saturated rings. The molecular weight excluding hydrogens is 172 g/mol. The molecule has 0 N–H and O–H groups in total. The molecule has 66 valence electrons. The average Bonchev–Trinajstić information content (AvgIpc) is 2.36. The molecule has 0 aliphatic heterocycles. The number of ketones is 1. The van der Waals surface area contributed by atoms with E-state index >= 15 is 0 Å². The number of thioether (sulfide) groups is 1. The van der Waals surface area contributed by atoms with Gasteiger partial charge in [0, 0.05) is 31.6 Å². The fourth-order valence-electron chi connectivity index (χ4n) is 0.777. The van der Waals surface area contributed by atoms with E-state index in [4.69, 9.17) is 0 Å². The van der Waals surface area contributed by atoms with Gasteiger partial charge >= 0.3 is 0 Å². The minimum Gasteiger partial charge on any atom is -0.329 e. The van der Waals surface area contributed by atoms with Crippen LogP contribution in [-0.4, -0.2) is 21.1 Å². The zero-order valence-electron chi connectivity index (χ0n) is 7.28. The summed E-state index contributed by atoms with van der Waals surface area (Å²) in [7, 11) is 1.95. The van der Waals surface area contributed by atoms with Crippen LogP contribution < -0.4 is 0 Å². The number of aryl methyl sites for hydroxylation is 1. The fraction of sp³-hybridized carbons (Fsp3) is 0.500. The summed E-state index contributed by atoms with van der Waals surface area (Å²) in [5, 5.41) is 0.969. The molecule has 0 aromatic carbocycles. The zero-order valence-corrected chi connectivity index (χ0v) is 8.10. The molecule has 1 rings (SSSR count). The van der Waals surface area contributed by atoms with Gasteiger partial charge in [0.15, 0.2) is 5.16 Å². The third-order valence-electron chi connectivity index (χ3n) is 1.46. The normalized spacial score (nSPS) is 10.2. The lowest BCUT2D eigenvalue weighted by molar-refractivity contribution is -0.116. The van der Waals surface area contributed by atoms with Crippen molar-refractivity contribution >= 4 is 17.5 Å². The van der Waals surface area contributed by atoms with Crippen LogP contribution in [0.15, 0.2) is 17.6 Å². The molecule has 1 heterocycles. The lowest BCUT2D eigenvalue weighted by Gasteiger charge is -1.98. The largest absolute Gasteiger partial charge is 0.329 e. The molecule has 0 amide bonds. The van der Waals surface area contributed by atoms with Crippen molar-refractivity contribution in [2.75, 3.05) is 5.75 Å². The molecule has 0 saturated heterocycles. The molecule has 3 nitrogen and oxygen atoms in total. The van der Waals surface area contributed by atoms with Gasteiger partial charge in [0.1, 0.15) is 5.78 Å². The van der Waals surface area contributed by atoms with Crippen LogP contribution in [0.3, 0.4) is 0 Å². The van der Waals surface area contributed by atoms with E-state index in [0.29, 0.717) is 6.42 Å². The van der Waals surface area contributed by atoms with E-state index in [2.05, 4.69) is 4.98 Å². The van der Waals surface area contributed by atoms with Crippen molar-refractivity contribution in [2.45, 2.75) is 18.5 Å². The molecular formula is C8H12N2OS. The van der Waals surface area contributed by atoms with Gasteiger partial charge in [0.05, 0.1) is 0 Å². The van der Waals surface area contributed by atoms with E-state index in [1.54, 1.807) is 24.9 Å². The Balaban J connectivity index is 2.33. The van der Waals surface area contributed by atoms with E-state index in [-0.39, 0.29) is 5.78 Å². The maximum absolute atomic E-state index is 10.6. The number of hydrogen-bond donors (Lipinski definition) is 0. The highest BCUT2D eigenvalue weighted by molar-refractivity contribution is 7.99. The summed E-state index contributed by atoms with van der Waals surface area (Å²) < 4.78 is 1.95. The minimum atomic E-state index is 0.233. The van der Waals surface area contributed by atoms with Crippen LogP contribution in [0.5, 0.6) is 0 Å². The van der Waals surface area contributed by atoms with Gasteiger partial charge in [-0.05, 0) is 6.92 Å². The fourth-order valence-corrected chi connectivity index (χ4v) is 1.75. The van der Waals surface area contributed by atoms with Gasteiger partial charge in [-0.3, -0.25) is 4.79 Å². The van der Waals surface area contributed by atoms with Gasteiger partial charge in [-0.1, -0.05) is 11.8 Å². The summed E-state index contributed by atoms with van der Waals surface area (Å²) in [6, 6.07) is 0. The monoisotopic (exact) mass is 184 g/mol. The number of rotatable bonds is 4. The van der Waals surface area contributed by atoms with Crippen molar-refractivity contribution in [1.29, 1.82) is 0 Å².